The minimum absolute atomic E-state index is 0.327. The van der Waals surface area contributed by atoms with Gasteiger partial charge in [-0.15, -0.1) is 0 Å². The van der Waals surface area contributed by atoms with E-state index in [0.717, 1.165) is 53.1 Å². The Morgan fingerprint density at radius 2 is 1.48 bits per heavy atom. The molecule has 2 aliphatic heterocycles. The predicted octanol–water partition coefficient (Wildman–Crippen LogP) is 4.95. The number of rotatable bonds is 5. The Labute approximate surface area is 230 Å². The Kier molecular flexibility index (Phi) is 6.73. The average Bonchev–Trinajstić information content (AvgIpc) is 2.99. The molecule has 2 aliphatic rings. The van der Waals surface area contributed by atoms with Gasteiger partial charge in [0.15, 0.2) is 11.5 Å². The van der Waals surface area contributed by atoms with Gasteiger partial charge in [-0.25, -0.2) is 9.97 Å². The van der Waals surface area contributed by atoms with Crippen molar-refractivity contribution in [1.29, 1.82) is 0 Å². The lowest BCUT2D eigenvalue weighted by Gasteiger charge is -2.36. The largest absolute Gasteiger partial charge is 0.493 e. The van der Waals surface area contributed by atoms with Crippen molar-refractivity contribution in [3.05, 3.63) is 71.4 Å². The Hall–Kier alpha value is -4.28. The highest BCUT2D eigenvalue weighted by molar-refractivity contribution is 5.90. The molecular formula is C29H29F3N6O2. The Morgan fingerprint density at radius 3 is 2.20 bits per heavy atom. The summed E-state index contributed by atoms with van der Waals surface area (Å²) in [5.41, 5.74) is 2.55. The van der Waals surface area contributed by atoms with E-state index in [1.165, 1.54) is 11.8 Å². The summed E-state index contributed by atoms with van der Waals surface area (Å²) in [7, 11) is 3.28. The van der Waals surface area contributed by atoms with Crippen molar-refractivity contribution in [3.63, 3.8) is 0 Å². The van der Waals surface area contributed by atoms with Crippen molar-refractivity contribution in [2.75, 3.05) is 61.6 Å². The molecule has 0 spiro atoms. The summed E-state index contributed by atoms with van der Waals surface area (Å²) in [6, 6.07) is 14.2. The Balaban J connectivity index is 1.26. The second-order valence-electron chi connectivity index (χ2n) is 9.89. The molecule has 40 heavy (non-hydrogen) atoms. The molecule has 2 aromatic carbocycles. The van der Waals surface area contributed by atoms with Gasteiger partial charge in [-0.2, -0.15) is 18.2 Å². The summed E-state index contributed by atoms with van der Waals surface area (Å²) in [5, 5.41) is 0.974. The molecule has 0 saturated carbocycles. The van der Waals surface area contributed by atoms with Gasteiger partial charge in [0, 0.05) is 50.9 Å². The van der Waals surface area contributed by atoms with E-state index in [2.05, 4.69) is 14.8 Å². The molecule has 0 aliphatic carbocycles. The van der Waals surface area contributed by atoms with Gasteiger partial charge >= 0.3 is 6.18 Å². The standard InChI is InChI=1S/C29H29F3N6O2/c1-39-24-15-19-8-10-38(18-20(19)16-25(24)40-2)27-22-5-3-4-6-23(22)34-28(35-27)37-13-11-36(12-14-37)26-17-21(7-9-33-26)29(30,31)32/h3-7,9,15-17H,8,10-14,18H2,1-2H3. The molecule has 8 nitrogen and oxygen atoms in total. The fourth-order valence-corrected chi connectivity index (χ4v) is 5.40. The first-order valence-electron chi connectivity index (χ1n) is 13.1. The van der Waals surface area contributed by atoms with Gasteiger partial charge < -0.3 is 24.2 Å². The highest BCUT2D eigenvalue weighted by Crippen LogP contribution is 2.36. The van der Waals surface area contributed by atoms with Crippen LogP contribution in [-0.4, -0.2) is 61.9 Å². The number of nitrogens with zero attached hydrogens (tertiary/aromatic N) is 6. The van der Waals surface area contributed by atoms with Crippen molar-refractivity contribution in [1.82, 2.24) is 15.0 Å². The molecule has 6 rings (SSSR count). The van der Waals surface area contributed by atoms with Crippen LogP contribution in [0.3, 0.4) is 0 Å². The number of halogens is 3. The van der Waals surface area contributed by atoms with Crippen LogP contribution in [0, 0.1) is 0 Å². The van der Waals surface area contributed by atoms with E-state index >= 15 is 0 Å². The average molecular weight is 551 g/mol. The van der Waals surface area contributed by atoms with Crippen molar-refractivity contribution >= 4 is 28.5 Å². The maximum absolute atomic E-state index is 13.2. The fraction of sp³-hybridized carbons (Fsp3) is 0.345. The van der Waals surface area contributed by atoms with E-state index in [4.69, 9.17) is 19.4 Å². The zero-order valence-corrected chi connectivity index (χ0v) is 22.3. The first kappa shape index (κ1) is 26.0. The van der Waals surface area contributed by atoms with Crippen molar-refractivity contribution < 1.29 is 22.6 Å². The molecule has 0 atom stereocenters. The third-order valence-corrected chi connectivity index (χ3v) is 7.55. The van der Waals surface area contributed by atoms with Crippen molar-refractivity contribution in [3.8, 4) is 11.5 Å². The number of para-hydroxylation sites is 1. The van der Waals surface area contributed by atoms with E-state index in [1.807, 2.05) is 41.3 Å². The zero-order valence-electron chi connectivity index (χ0n) is 22.3. The smallest absolute Gasteiger partial charge is 0.416 e. The summed E-state index contributed by atoms with van der Waals surface area (Å²) < 4.78 is 50.6. The van der Waals surface area contributed by atoms with Crippen LogP contribution in [0.4, 0.5) is 30.8 Å². The minimum atomic E-state index is -4.40. The van der Waals surface area contributed by atoms with Gasteiger partial charge in [-0.1, -0.05) is 12.1 Å². The maximum atomic E-state index is 13.2. The molecule has 208 valence electrons. The number of fused-ring (bicyclic) bond motifs is 2. The second-order valence-corrected chi connectivity index (χ2v) is 9.89. The molecule has 1 saturated heterocycles. The second kappa shape index (κ2) is 10.4. The summed E-state index contributed by atoms with van der Waals surface area (Å²) in [4.78, 5) is 20.3. The molecule has 0 amide bonds. The van der Waals surface area contributed by atoms with Gasteiger partial charge in [0.25, 0.3) is 0 Å². The SMILES string of the molecule is COc1cc2c(cc1OC)CN(c1nc(N3CCN(c4cc(C(F)(F)F)ccn4)CC3)nc3ccccc13)CC2. The minimum Gasteiger partial charge on any atom is -0.493 e. The third kappa shape index (κ3) is 4.91. The normalized spacial score (nSPS) is 15.8. The molecule has 2 aromatic heterocycles. The van der Waals surface area contributed by atoms with Crippen LogP contribution in [0.15, 0.2) is 54.7 Å². The third-order valence-electron chi connectivity index (χ3n) is 7.55. The zero-order chi connectivity index (χ0) is 27.9. The van der Waals surface area contributed by atoms with Crippen LogP contribution in [0.5, 0.6) is 11.5 Å². The topological polar surface area (TPSA) is 66.9 Å². The first-order chi connectivity index (χ1) is 19.3. The summed E-state index contributed by atoms with van der Waals surface area (Å²) in [5.74, 6) is 3.23. The van der Waals surface area contributed by atoms with Gasteiger partial charge in [0.2, 0.25) is 5.95 Å². The molecule has 0 unspecified atom stereocenters. The van der Waals surface area contributed by atoms with E-state index in [-0.39, 0.29) is 0 Å². The number of hydrogen-bond acceptors (Lipinski definition) is 8. The van der Waals surface area contributed by atoms with Crippen LogP contribution in [-0.2, 0) is 19.1 Å². The van der Waals surface area contributed by atoms with E-state index in [9.17, 15) is 13.2 Å². The number of methoxy groups -OCH3 is 2. The maximum Gasteiger partial charge on any atom is 0.416 e. The highest BCUT2D eigenvalue weighted by atomic mass is 19.4. The number of aromatic nitrogens is 3. The van der Waals surface area contributed by atoms with E-state index in [1.54, 1.807) is 14.2 Å². The molecule has 0 radical (unpaired) electrons. The Morgan fingerprint density at radius 1 is 0.775 bits per heavy atom. The van der Waals surface area contributed by atoms with Crippen LogP contribution in [0.25, 0.3) is 10.9 Å². The number of ether oxygens (including phenoxy) is 2. The number of hydrogen-bond donors (Lipinski definition) is 0. The van der Waals surface area contributed by atoms with Crippen LogP contribution < -0.4 is 24.2 Å². The lowest BCUT2D eigenvalue weighted by atomic mass is 9.98. The lowest BCUT2D eigenvalue weighted by Crippen LogP contribution is -2.47. The lowest BCUT2D eigenvalue weighted by molar-refractivity contribution is -0.137. The molecule has 4 heterocycles. The van der Waals surface area contributed by atoms with E-state index < -0.39 is 11.7 Å². The number of piperazine rings is 1. The van der Waals surface area contributed by atoms with Gasteiger partial charge in [-0.3, -0.25) is 0 Å². The number of anilines is 3. The number of benzene rings is 2. The quantitative estimate of drug-likeness (QED) is 0.346. The first-order valence-corrected chi connectivity index (χ1v) is 13.1. The van der Waals surface area contributed by atoms with Gasteiger partial charge in [-0.05, 0) is 53.9 Å². The molecule has 1 fully saturated rings. The molecule has 0 bridgehead atoms. The summed E-state index contributed by atoms with van der Waals surface area (Å²) in [6.07, 6.45) is -2.35. The van der Waals surface area contributed by atoms with Crippen molar-refractivity contribution in [2.45, 2.75) is 19.1 Å². The molecule has 11 heteroatoms. The fourth-order valence-electron chi connectivity index (χ4n) is 5.40. The van der Waals surface area contributed by atoms with Crippen LogP contribution >= 0.6 is 0 Å². The highest BCUT2D eigenvalue weighted by Gasteiger charge is 2.32. The van der Waals surface area contributed by atoms with Gasteiger partial charge in [0.1, 0.15) is 11.6 Å². The summed E-state index contributed by atoms with van der Waals surface area (Å²) >= 11 is 0. The van der Waals surface area contributed by atoms with E-state index in [0.29, 0.717) is 50.2 Å². The molecule has 4 aromatic rings. The van der Waals surface area contributed by atoms with Crippen LogP contribution in [0.2, 0.25) is 0 Å². The monoisotopic (exact) mass is 550 g/mol. The van der Waals surface area contributed by atoms with Crippen LogP contribution in [0.1, 0.15) is 16.7 Å². The predicted molar refractivity (Wildman–Crippen MR) is 148 cm³/mol. The van der Waals surface area contributed by atoms with Crippen molar-refractivity contribution in [2.24, 2.45) is 0 Å². The summed E-state index contributed by atoms with van der Waals surface area (Å²) in [6.45, 7) is 3.62. The Bertz CT molecular complexity index is 1540. The number of pyridine rings is 1. The van der Waals surface area contributed by atoms with Gasteiger partial charge in [0.05, 0.1) is 25.3 Å². The molecular weight excluding hydrogens is 521 g/mol. The molecule has 0 N–H and O–H groups in total. The number of alkyl halides is 3.